The third-order valence-electron chi connectivity index (χ3n) is 2.73. The van der Waals surface area contributed by atoms with Crippen LogP contribution in [0.4, 0.5) is 4.39 Å². The van der Waals surface area contributed by atoms with Crippen molar-refractivity contribution in [2.45, 2.75) is 32.6 Å². The molecule has 0 unspecified atom stereocenters. The number of hydrogen-bond acceptors (Lipinski definition) is 1. The molecule has 19 heavy (non-hydrogen) atoms. The molecule has 104 valence electrons. The van der Waals surface area contributed by atoms with Crippen LogP contribution in [0.15, 0.2) is 24.3 Å². The lowest BCUT2D eigenvalue weighted by molar-refractivity contribution is -0.116. The summed E-state index contributed by atoms with van der Waals surface area (Å²) in [6.07, 6.45) is 7.13. The Morgan fingerprint density at radius 2 is 2.16 bits per heavy atom. The second kappa shape index (κ2) is 8.70. The van der Waals surface area contributed by atoms with Crippen molar-refractivity contribution in [2.24, 2.45) is 0 Å². The topological polar surface area (TPSA) is 29.1 Å². The number of nitrogens with one attached hydrogen (secondary N) is 1. The largest absolute Gasteiger partial charge is 0.353 e. The molecule has 2 nitrogen and oxygen atoms in total. The Morgan fingerprint density at radius 1 is 1.37 bits per heavy atom. The van der Waals surface area contributed by atoms with Crippen molar-refractivity contribution >= 4 is 23.6 Å². The molecule has 0 saturated carbocycles. The van der Waals surface area contributed by atoms with Crippen molar-refractivity contribution in [2.75, 3.05) is 6.54 Å². The maximum absolute atomic E-state index is 13.4. The summed E-state index contributed by atoms with van der Waals surface area (Å²) in [6, 6.07) is 4.43. The first kappa shape index (κ1) is 15.7. The van der Waals surface area contributed by atoms with Gasteiger partial charge in [-0.1, -0.05) is 43.9 Å². The minimum Gasteiger partial charge on any atom is -0.353 e. The van der Waals surface area contributed by atoms with Crippen LogP contribution in [0.2, 0.25) is 5.02 Å². The molecule has 1 rings (SSSR count). The maximum Gasteiger partial charge on any atom is 0.244 e. The van der Waals surface area contributed by atoms with E-state index in [9.17, 15) is 9.18 Å². The SMILES string of the molecule is CCCCCCNC(=O)C=Cc1c(F)cccc1Cl. The molecule has 0 aliphatic carbocycles. The lowest BCUT2D eigenvalue weighted by Gasteiger charge is -2.02. The molecule has 4 heteroatoms. The highest BCUT2D eigenvalue weighted by molar-refractivity contribution is 6.32. The molecular formula is C15H19ClFNO. The van der Waals surface area contributed by atoms with Crippen LogP contribution in [0.1, 0.15) is 38.2 Å². The first-order valence-electron chi connectivity index (χ1n) is 6.55. The maximum atomic E-state index is 13.4. The van der Waals surface area contributed by atoms with Crippen LogP contribution in [0, 0.1) is 5.82 Å². The number of benzene rings is 1. The summed E-state index contributed by atoms with van der Waals surface area (Å²) in [4.78, 5) is 11.5. The van der Waals surface area contributed by atoms with Crippen molar-refractivity contribution in [3.05, 3.63) is 40.7 Å². The summed E-state index contributed by atoms with van der Waals surface area (Å²) < 4.78 is 13.4. The van der Waals surface area contributed by atoms with Gasteiger partial charge in [0, 0.05) is 18.2 Å². The minimum atomic E-state index is -0.431. The Bertz CT molecular complexity index is 426. The molecule has 0 aromatic heterocycles. The van der Waals surface area contributed by atoms with Gasteiger partial charge in [0.2, 0.25) is 5.91 Å². The van der Waals surface area contributed by atoms with Crippen molar-refractivity contribution in [3.63, 3.8) is 0 Å². The fourth-order valence-electron chi connectivity index (χ4n) is 1.65. The van der Waals surface area contributed by atoms with Gasteiger partial charge < -0.3 is 5.32 Å². The second-order valence-corrected chi connectivity index (χ2v) is 4.73. The van der Waals surface area contributed by atoms with Crippen LogP contribution in [0.3, 0.4) is 0 Å². The number of halogens is 2. The van der Waals surface area contributed by atoms with Gasteiger partial charge in [-0.2, -0.15) is 0 Å². The lowest BCUT2D eigenvalue weighted by atomic mass is 10.2. The zero-order valence-electron chi connectivity index (χ0n) is 11.1. The molecule has 0 heterocycles. The van der Waals surface area contributed by atoms with E-state index in [0.29, 0.717) is 11.6 Å². The summed E-state index contributed by atoms with van der Waals surface area (Å²) in [5, 5.41) is 3.06. The van der Waals surface area contributed by atoms with E-state index in [0.717, 1.165) is 12.8 Å². The van der Waals surface area contributed by atoms with Crippen molar-refractivity contribution in [1.82, 2.24) is 5.32 Å². The van der Waals surface area contributed by atoms with Gasteiger partial charge in [-0.3, -0.25) is 4.79 Å². The Hall–Kier alpha value is -1.35. The van der Waals surface area contributed by atoms with Crippen LogP contribution in [-0.4, -0.2) is 12.5 Å². The number of carbonyl (C=O) groups excluding carboxylic acids is 1. The highest BCUT2D eigenvalue weighted by atomic mass is 35.5. The fraction of sp³-hybridized carbons (Fsp3) is 0.400. The third kappa shape index (κ3) is 5.88. The molecule has 0 atom stereocenters. The number of carbonyl (C=O) groups is 1. The van der Waals surface area contributed by atoms with Crippen LogP contribution < -0.4 is 5.32 Å². The van der Waals surface area contributed by atoms with E-state index >= 15 is 0 Å². The summed E-state index contributed by atoms with van der Waals surface area (Å²) in [7, 11) is 0. The van der Waals surface area contributed by atoms with Gasteiger partial charge in [0.05, 0.1) is 5.02 Å². The molecule has 1 N–H and O–H groups in total. The van der Waals surface area contributed by atoms with Gasteiger partial charge in [-0.05, 0) is 24.6 Å². The fourth-order valence-corrected chi connectivity index (χ4v) is 1.88. The number of rotatable bonds is 7. The van der Waals surface area contributed by atoms with E-state index in [1.54, 1.807) is 6.07 Å². The number of amides is 1. The van der Waals surface area contributed by atoms with E-state index in [2.05, 4.69) is 12.2 Å². The molecular weight excluding hydrogens is 265 g/mol. The monoisotopic (exact) mass is 283 g/mol. The van der Waals surface area contributed by atoms with Crippen molar-refractivity contribution < 1.29 is 9.18 Å². The van der Waals surface area contributed by atoms with Gasteiger partial charge in [0.1, 0.15) is 5.82 Å². The van der Waals surface area contributed by atoms with Gasteiger partial charge in [0.15, 0.2) is 0 Å². The molecule has 0 aliphatic rings. The van der Waals surface area contributed by atoms with Crippen molar-refractivity contribution in [3.8, 4) is 0 Å². The minimum absolute atomic E-state index is 0.226. The second-order valence-electron chi connectivity index (χ2n) is 4.32. The Balaban J connectivity index is 2.41. The van der Waals surface area contributed by atoms with Gasteiger partial charge in [-0.15, -0.1) is 0 Å². The van der Waals surface area contributed by atoms with Crippen LogP contribution in [0.5, 0.6) is 0 Å². The Kier molecular flexibility index (Phi) is 7.19. The first-order valence-corrected chi connectivity index (χ1v) is 6.93. The molecule has 0 bridgehead atoms. The number of hydrogen-bond donors (Lipinski definition) is 1. The summed E-state index contributed by atoms with van der Waals surface area (Å²) in [5.41, 5.74) is 0.241. The summed E-state index contributed by atoms with van der Waals surface area (Å²) >= 11 is 5.85. The predicted octanol–water partition coefficient (Wildman–Crippen LogP) is 4.19. The standard InChI is InChI=1S/C15H19ClFNO/c1-2-3-4-5-11-18-15(19)10-9-12-13(16)7-6-8-14(12)17/h6-10H,2-5,11H2,1H3,(H,18,19). The summed E-state index contributed by atoms with van der Waals surface area (Å²) in [5.74, 6) is -0.657. The number of unbranched alkanes of at least 4 members (excludes halogenated alkanes) is 3. The predicted molar refractivity (Wildman–Crippen MR) is 77.6 cm³/mol. The molecule has 0 fully saturated rings. The zero-order valence-corrected chi connectivity index (χ0v) is 11.8. The Labute approximate surface area is 118 Å². The molecule has 1 amide bonds. The smallest absolute Gasteiger partial charge is 0.244 e. The zero-order chi connectivity index (χ0) is 14.1. The van der Waals surface area contributed by atoms with Crippen LogP contribution in [0.25, 0.3) is 6.08 Å². The van der Waals surface area contributed by atoms with Crippen LogP contribution in [-0.2, 0) is 4.79 Å². The Morgan fingerprint density at radius 3 is 2.84 bits per heavy atom. The summed E-state index contributed by atoms with van der Waals surface area (Å²) in [6.45, 7) is 2.79. The normalized spacial score (nSPS) is 10.9. The van der Waals surface area contributed by atoms with Gasteiger partial charge >= 0.3 is 0 Å². The van der Waals surface area contributed by atoms with Gasteiger partial charge in [-0.25, -0.2) is 4.39 Å². The van der Waals surface area contributed by atoms with Crippen molar-refractivity contribution in [1.29, 1.82) is 0 Å². The van der Waals surface area contributed by atoms with E-state index in [4.69, 9.17) is 11.6 Å². The molecule has 1 aromatic carbocycles. The van der Waals surface area contributed by atoms with Gasteiger partial charge in [0.25, 0.3) is 0 Å². The third-order valence-corrected chi connectivity index (χ3v) is 3.06. The molecule has 0 aliphatic heterocycles. The average molecular weight is 284 g/mol. The van der Waals surface area contributed by atoms with Crippen LogP contribution >= 0.6 is 11.6 Å². The highest BCUT2D eigenvalue weighted by Gasteiger charge is 2.03. The van der Waals surface area contributed by atoms with E-state index in [-0.39, 0.29) is 11.5 Å². The van der Waals surface area contributed by atoms with E-state index < -0.39 is 5.82 Å². The molecule has 0 saturated heterocycles. The quantitative estimate of drug-likeness (QED) is 0.590. The van der Waals surface area contributed by atoms with E-state index in [1.165, 1.54) is 37.1 Å². The highest BCUT2D eigenvalue weighted by Crippen LogP contribution is 2.20. The average Bonchev–Trinajstić information content (AvgIpc) is 2.38. The molecule has 0 spiro atoms. The molecule has 0 radical (unpaired) electrons. The van der Waals surface area contributed by atoms with E-state index in [1.807, 2.05) is 0 Å². The molecule has 1 aromatic rings. The lowest BCUT2D eigenvalue weighted by Crippen LogP contribution is -2.21. The first-order chi connectivity index (χ1) is 9.15.